The minimum Gasteiger partial charge on any atom is -0.462 e. The van der Waals surface area contributed by atoms with Crippen LogP contribution < -0.4 is 0 Å². The molecule has 2 spiro atoms. The molecule has 8 atom stereocenters. The normalized spacial score (nSPS) is 58.6. The van der Waals surface area contributed by atoms with Crippen molar-refractivity contribution < 1.29 is 19.4 Å². The highest BCUT2D eigenvalue weighted by Gasteiger charge is 2.71. The standard InChI is InChI=1S/C21H30O4/c1-13-17-15(25-14(2)22)10-19-7-6-18(3,11-19)5-4-16(19)20(17)8-9-21(13,23)24-12-20/h6-7,13,15-17,23H,4-5,8-12H2,1-3H3/t13-,15+,16+,17-,18-,19+,20+,21-/m1/s1. The monoisotopic (exact) mass is 346 g/mol. The molecule has 0 amide bonds. The minimum absolute atomic E-state index is 0.00962. The van der Waals surface area contributed by atoms with E-state index in [1.54, 1.807) is 0 Å². The van der Waals surface area contributed by atoms with Gasteiger partial charge in [0.2, 0.25) is 0 Å². The van der Waals surface area contributed by atoms with Gasteiger partial charge in [-0.25, -0.2) is 0 Å². The molecule has 4 heteroatoms. The van der Waals surface area contributed by atoms with Gasteiger partial charge in [-0.05, 0) is 48.9 Å². The fraction of sp³-hybridized carbons (Fsp3) is 0.857. The molecule has 1 N–H and O–H groups in total. The molecule has 2 heterocycles. The average molecular weight is 346 g/mol. The maximum absolute atomic E-state index is 11.9. The molecule has 0 aromatic carbocycles. The smallest absolute Gasteiger partial charge is 0.302 e. The number of aliphatic hydroxyl groups is 1. The molecule has 0 unspecified atom stereocenters. The van der Waals surface area contributed by atoms with Crippen LogP contribution in [0.2, 0.25) is 0 Å². The topological polar surface area (TPSA) is 55.8 Å². The molecule has 4 aliphatic carbocycles. The Labute approximate surface area is 150 Å². The summed E-state index contributed by atoms with van der Waals surface area (Å²) in [5.74, 6) is -0.439. The largest absolute Gasteiger partial charge is 0.462 e. The second-order valence-electron chi connectivity index (χ2n) is 10.0. The van der Waals surface area contributed by atoms with Crippen LogP contribution in [0.25, 0.3) is 0 Å². The SMILES string of the molecule is CC(=O)O[C@H]1C[C@]23C=C[C@@](C)(CC[C@@H]2[C@]24CC[C@@](O)(OC2)[C@H](C)[C@H]14)C3. The highest BCUT2D eigenvalue weighted by atomic mass is 16.6. The van der Waals surface area contributed by atoms with E-state index in [0.717, 1.165) is 12.8 Å². The predicted octanol–water partition coefficient (Wildman–Crippen LogP) is 3.44. The molecule has 6 aliphatic rings. The number of rotatable bonds is 1. The quantitative estimate of drug-likeness (QED) is 0.584. The van der Waals surface area contributed by atoms with Gasteiger partial charge in [-0.3, -0.25) is 4.79 Å². The first-order valence-corrected chi connectivity index (χ1v) is 9.96. The zero-order valence-corrected chi connectivity index (χ0v) is 15.6. The maximum atomic E-state index is 11.9. The first-order chi connectivity index (χ1) is 11.7. The van der Waals surface area contributed by atoms with Crippen molar-refractivity contribution in [1.82, 2.24) is 0 Å². The van der Waals surface area contributed by atoms with Gasteiger partial charge in [0, 0.05) is 30.6 Å². The van der Waals surface area contributed by atoms with Crippen LogP contribution in [-0.2, 0) is 14.3 Å². The van der Waals surface area contributed by atoms with Crippen LogP contribution in [0.4, 0.5) is 0 Å². The molecule has 4 nitrogen and oxygen atoms in total. The fourth-order valence-corrected chi connectivity index (χ4v) is 7.80. The summed E-state index contributed by atoms with van der Waals surface area (Å²) >= 11 is 0. The van der Waals surface area contributed by atoms with E-state index >= 15 is 0 Å². The molecule has 3 saturated carbocycles. The number of hydrogen-bond donors (Lipinski definition) is 1. The Morgan fingerprint density at radius 1 is 1.28 bits per heavy atom. The van der Waals surface area contributed by atoms with Crippen LogP contribution >= 0.6 is 0 Å². The number of hydrogen-bond acceptors (Lipinski definition) is 4. The van der Waals surface area contributed by atoms with Gasteiger partial charge >= 0.3 is 5.97 Å². The molecule has 2 aliphatic heterocycles. The summed E-state index contributed by atoms with van der Waals surface area (Å²) in [5, 5.41) is 11.0. The van der Waals surface area contributed by atoms with Crippen molar-refractivity contribution in [1.29, 1.82) is 0 Å². The van der Waals surface area contributed by atoms with Gasteiger partial charge in [0.15, 0.2) is 5.79 Å². The Bertz CT molecular complexity index is 646. The van der Waals surface area contributed by atoms with Gasteiger partial charge in [-0.2, -0.15) is 0 Å². The van der Waals surface area contributed by atoms with E-state index in [-0.39, 0.29) is 34.7 Å². The van der Waals surface area contributed by atoms with E-state index in [4.69, 9.17) is 9.47 Å². The summed E-state index contributed by atoms with van der Waals surface area (Å²) in [5.41, 5.74) is 0.481. The number of ether oxygens (including phenoxy) is 2. The van der Waals surface area contributed by atoms with Crippen molar-refractivity contribution in [3.05, 3.63) is 12.2 Å². The maximum Gasteiger partial charge on any atom is 0.302 e. The molecule has 5 fully saturated rings. The predicted molar refractivity (Wildman–Crippen MR) is 92.4 cm³/mol. The highest BCUT2D eigenvalue weighted by Crippen LogP contribution is 2.73. The Kier molecular flexibility index (Phi) is 3.06. The van der Waals surface area contributed by atoms with E-state index in [0.29, 0.717) is 24.4 Å². The van der Waals surface area contributed by atoms with E-state index < -0.39 is 5.79 Å². The summed E-state index contributed by atoms with van der Waals surface area (Å²) in [7, 11) is 0. The van der Waals surface area contributed by atoms with Crippen molar-refractivity contribution in [3.8, 4) is 0 Å². The zero-order valence-electron chi connectivity index (χ0n) is 15.6. The van der Waals surface area contributed by atoms with Gasteiger partial charge < -0.3 is 14.6 Å². The van der Waals surface area contributed by atoms with Crippen LogP contribution in [0.5, 0.6) is 0 Å². The molecular weight excluding hydrogens is 316 g/mol. The van der Waals surface area contributed by atoms with E-state index in [1.807, 2.05) is 0 Å². The van der Waals surface area contributed by atoms with Gasteiger partial charge in [0.25, 0.3) is 0 Å². The molecule has 4 bridgehead atoms. The lowest BCUT2D eigenvalue weighted by atomic mass is 9.40. The molecule has 0 radical (unpaired) electrons. The van der Waals surface area contributed by atoms with Gasteiger partial charge in [0.05, 0.1) is 6.61 Å². The third-order valence-corrected chi connectivity index (χ3v) is 8.70. The van der Waals surface area contributed by atoms with E-state index in [2.05, 4.69) is 26.0 Å². The lowest BCUT2D eigenvalue weighted by Crippen LogP contribution is -2.71. The van der Waals surface area contributed by atoms with Crippen molar-refractivity contribution in [2.45, 2.75) is 71.2 Å². The number of esters is 1. The second-order valence-corrected chi connectivity index (χ2v) is 10.0. The van der Waals surface area contributed by atoms with Crippen LogP contribution in [0.15, 0.2) is 12.2 Å². The van der Waals surface area contributed by atoms with E-state index in [9.17, 15) is 9.90 Å². The Hall–Kier alpha value is -0.870. The van der Waals surface area contributed by atoms with E-state index in [1.165, 1.54) is 26.2 Å². The Morgan fingerprint density at radius 3 is 2.76 bits per heavy atom. The lowest BCUT2D eigenvalue weighted by molar-refractivity contribution is -0.374. The van der Waals surface area contributed by atoms with Crippen molar-refractivity contribution in [2.75, 3.05) is 6.61 Å². The molecule has 2 saturated heterocycles. The van der Waals surface area contributed by atoms with Crippen LogP contribution in [-0.4, -0.2) is 29.6 Å². The molecule has 0 aromatic rings. The number of carbonyl (C=O) groups excluding carboxylic acids is 1. The molecule has 25 heavy (non-hydrogen) atoms. The van der Waals surface area contributed by atoms with Crippen LogP contribution in [0, 0.1) is 34.0 Å². The first kappa shape index (κ1) is 16.3. The van der Waals surface area contributed by atoms with Crippen molar-refractivity contribution >= 4 is 5.97 Å². The summed E-state index contributed by atoms with van der Waals surface area (Å²) < 4.78 is 12.0. The van der Waals surface area contributed by atoms with Gasteiger partial charge in [-0.15, -0.1) is 0 Å². The summed E-state index contributed by atoms with van der Waals surface area (Å²) in [6.45, 7) is 6.61. The van der Waals surface area contributed by atoms with Gasteiger partial charge in [-0.1, -0.05) is 26.0 Å². The molecule has 6 rings (SSSR count). The lowest BCUT2D eigenvalue weighted by Gasteiger charge is -2.69. The van der Waals surface area contributed by atoms with Crippen LogP contribution in [0.1, 0.15) is 59.3 Å². The van der Waals surface area contributed by atoms with Crippen LogP contribution in [0.3, 0.4) is 0 Å². The second kappa shape index (κ2) is 4.69. The number of fused-ring (bicyclic) bond motifs is 3. The number of carbonyl (C=O) groups is 1. The summed E-state index contributed by atoms with van der Waals surface area (Å²) in [6.07, 6.45) is 11.0. The third kappa shape index (κ3) is 1.93. The van der Waals surface area contributed by atoms with Crippen molar-refractivity contribution in [3.63, 3.8) is 0 Å². The highest BCUT2D eigenvalue weighted by molar-refractivity contribution is 5.66. The summed E-state index contributed by atoms with van der Waals surface area (Å²) in [6, 6.07) is 0. The Balaban J connectivity index is 1.62. The Morgan fingerprint density at radius 2 is 2.08 bits per heavy atom. The van der Waals surface area contributed by atoms with Gasteiger partial charge in [0.1, 0.15) is 6.10 Å². The zero-order chi connectivity index (χ0) is 17.7. The molecule has 138 valence electrons. The average Bonchev–Trinajstić information content (AvgIpc) is 2.78. The van der Waals surface area contributed by atoms with Crippen molar-refractivity contribution in [2.24, 2.45) is 34.0 Å². The molecule has 0 aromatic heterocycles. The fourth-order valence-electron chi connectivity index (χ4n) is 7.80. The minimum atomic E-state index is -1.04. The third-order valence-electron chi connectivity index (χ3n) is 8.70. The summed E-state index contributed by atoms with van der Waals surface area (Å²) in [4.78, 5) is 11.9. The number of allylic oxidation sites excluding steroid dienone is 2. The first-order valence-electron chi connectivity index (χ1n) is 9.96. The molecular formula is C21H30O4.